The van der Waals surface area contributed by atoms with Gasteiger partial charge in [0, 0.05) is 11.8 Å². The van der Waals surface area contributed by atoms with Crippen LogP contribution in [0.25, 0.3) is 6.08 Å². The normalized spacial score (nSPS) is 10.9. The number of rotatable bonds is 3. The molecule has 0 fully saturated rings. The Balaban J connectivity index is 2.16. The van der Waals surface area contributed by atoms with Crippen molar-refractivity contribution in [3.05, 3.63) is 52.4 Å². The predicted octanol–water partition coefficient (Wildman–Crippen LogP) is 3.29. The number of hydrogen-bond donors (Lipinski definition) is 2. The molecule has 0 bridgehead atoms. The molecule has 2 aromatic rings. The number of nitrogens with zero attached hydrogens (tertiary/aromatic N) is 1. The molecular weight excluding hydrogens is 324 g/mol. The maximum Gasteiger partial charge on any atom is 0.266 e. The second-order valence-corrected chi connectivity index (χ2v) is 4.59. The minimum Gasteiger partial charge on any atom is -0.508 e. The summed E-state index contributed by atoms with van der Waals surface area (Å²) in [6.07, 6.45) is 1.35. The summed E-state index contributed by atoms with van der Waals surface area (Å²) in [6.45, 7) is 0. The number of phenols is 1. The molecule has 2 rings (SSSR count). The molecule has 100 valence electrons. The van der Waals surface area contributed by atoms with Gasteiger partial charge in [0.25, 0.3) is 5.91 Å². The van der Waals surface area contributed by atoms with Crippen LogP contribution in [-0.4, -0.2) is 11.0 Å². The van der Waals surface area contributed by atoms with Crippen LogP contribution in [0.4, 0.5) is 5.69 Å². The van der Waals surface area contributed by atoms with Gasteiger partial charge in [-0.05, 0) is 52.3 Å². The van der Waals surface area contributed by atoms with Crippen molar-refractivity contribution in [2.24, 2.45) is 0 Å². The van der Waals surface area contributed by atoms with Crippen molar-refractivity contribution in [1.29, 1.82) is 5.26 Å². The molecule has 0 aliphatic carbocycles. The molecule has 0 spiro atoms. The van der Waals surface area contributed by atoms with Gasteiger partial charge in [-0.2, -0.15) is 5.26 Å². The van der Waals surface area contributed by atoms with Crippen LogP contribution in [0.5, 0.6) is 5.75 Å². The van der Waals surface area contributed by atoms with Crippen molar-refractivity contribution in [3.63, 3.8) is 0 Å². The van der Waals surface area contributed by atoms with Crippen LogP contribution in [-0.2, 0) is 4.79 Å². The van der Waals surface area contributed by atoms with Crippen molar-refractivity contribution in [1.82, 2.24) is 0 Å². The molecule has 0 saturated heterocycles. The van der Waals surface area contributed by atoms with Gasteiger partial charge in [-0.25, -0.2) is 0 Å². The highest BCUT2D eigenvalue weighted by atomic mass is 79.9. The monoisotopic (exact) mass is 332 g/mol. The van der Waals surface area contributed by atoms with E-state index in [0.29, 0.717) is 16.1 Å². The van der Waals surface area contributed by atoms with Gasteiger partial charge in [0.05, 0.1) is 0 Å². The Labute approximate surface area is 123 Å². The Hall–Kier alpha value is -2.52. The van der Waals surface area contributed by atoms with Crippen LogP contribution in [0.1, 0.15) is 5.76 Å². The average Bonchev–Trinajstić information content (AvgIpc) is 2.84. The Kier molecular flexibility index (Phi) is 4.23. The molecule has 0 saturated carbocycles. The Morgan fingerprint density at radius 3 is 2.55 bits per heavy atom. The molecule has 0 radical (unpaired) electrons. The zero-order valence-corrected chi connectivity index (χ0v) is 11.7. The Morgan fingerprint density at radius 1 is 1.30 bits per heavy atom. The first-order valence-corrected chi connectivity index (χ1v) is 6.35. The summed E-state index contributed by atoms with van der Waals surface area (Å²) in [5.41, 5.74) is 0.398. The predicted molar refractivity (Wildman–Crippen MR) is 76.7 cm³/mol. The molecule has 0 unspecified atom stereocenters. The number of phenolic OH excluding ortho intramolecular Hbond substituents is 1. The van der Waals surface area contributed by atoms with Crippen molar-refractivity contribution < 1.29 is 14.3 Å². The number of nitrogens with one attached hydrogen (secondary N) is 1. The van der Waals surface area contributed by atoms with Gasteiger partial charge >= 0.3 is 0 Å². The highest BCUT2D eigenvalue weighted by molar-refractivity contribution is 9.10. The van der Waals surface area contributed by atoms with Gasteiger partial charge in [-0.1, -0.05) is 0 Å². The first-order chi connectivity index (χ1) is 9.58. The van der Waals surface area contributed by atoms with E-state index < -0.39 is 5.91 Å². The fourth-order valence-electron chi connectivity index (χ4n) is 1.44. The second-order valence-electron chi connectivity index (χ2n) is 3.81. The minimum atomic E-state index is -0.550. The number of halogens is 1. The maximum atomic E-state index is 11.9. The van der Waals surface area contributed by atoms with Gasteiger partial charge in [0.2, 0.25) is 0 Å². The third-order valence-electron chi connectivity index (χ3n) is 2.37. The Bertz CT molecular complexity index is 696. The van der Waals surface area contributed by atoms with Crippen molar-refractivity contribution in [2.75, 3.05) is 5.32 Å². The summed E-state index contributed by atoms with van der Waals surface area (Å²) >= 11 is 3.14. The van der Waals surface area contributed by atoms with Crippen molar-refractivity contribution >= 4 is 33.6 Å². The molecule has 0 atom stereocenters. The highest BCUT2D eigenvalue weighted by Crippen LogP contribution is 2.18. The zero-order valence-electron chi connectivity index (χ0n) is 10.1. The van der Waals surface area contributed by atoms with E-state index in [1.807, 2.05) is 6.07 Å². The molecule has 20 heavy (non-hydrogen) atoms. The van der Waals surface area contributed by atoms with E-state index in [1.54, 1.807) is 12.1 Å². The van der Waals surface area contributed by atoms with Crippen LogP contribution in [0, 0.1) is 11.3 Å². The number of anilines is 1. The molecule has 2 N–H and O–H groups in total. The van der Waals surface area contributed by atoms with Crippen LogP contribution >= 0.6 is 15.9 Å². The van der Waals surface area contributed by atoms with Crippen LogP contribution < -0.4 is 5.32 Å². The number of nitriles is 1. The quantitative estimate of drug-likeness (QED) is 0.513. The maximum absolute atomic E-state index is 11.9. The fraction of sp³-hybridized carbons (Fsp3) is 0. The molecule has 0 aliphatic heterocycles. The fourth-order valence-corrected chi connectivity index (χ4v) is 1.76. The average molecular weight is 333 g/mol. The van der Waals surface area contributed by atoms with Crippen LogP contribution in [0.3, 0.4) is 0 Å². The van der Waals surface area contributed by atoms with Gasteiger partial charge in [0.15, 0.2) is 4.67 Å². The lowest BCUT2D eigenvalue weighted by atomic mass is 10.2. The van der Waals surface area contributed by atoms with E-state index >= 15 is 0 Å². The summed E-state index contributed by atoms with van der Waals surface area (Å²) < 4.78 is 5.72. The van der Waals surface area contributed by atoms with Crippen LogP contribution in [0.15, 0.2) is 51.1 Å². The smallest absolute Gasteiger partial charge is 0.266 e. The second kappa shape index (κ2) is 6.08. The zero-order chi connectivity index (χ0) is 14.5. The molecule has 1 aromatic heterocycles. The lowest BCUT2D eigenvalue weighted by molar-refractivity contribution is -0.112. The summed E-state index contributed by atoms with van der Waals surface area (Å²) in [4.78, 5) is 11.9. The van der Waals surface area contributed by atoms with Crippen molar-refractivity contribution in [2.45, 2.75) is 0 Å². The number of carbonyl (C=O) groups excluding carboxylic acids is 1. The third-order valence-corrected chi connectivity index (χ3v) is 2.80. The topological polar surface area (TPSA) is 86.3 Å². The third kappa shape index (κ3) is 3.49. The van der Waals surface area contributed by atoms with Gasteiger partial charge in [-0.3, -0.25) is 4.79 Å². The first-order valence-electron chi connectivity index (χ1n) is 5.56. The van der Waals surface area contributed by atoms with E-state index in [4.69, 9.17) is 14.8 Å². The number of aromatic hydroxyl groups is 1. The first kappa shape index (κ1) is 13.9. The summed E-state index contributed by atoms with van der Waals surface area (Å²) in [5.74, 6) is -0.0560. The molecule has 1 amide bonds. The molecule has 1 heterocycles. The SMILES string of the molecule is N#C/C(=C\c1ccc(Br)o1)C(=O)Nc1ccc(O)cc1. The lowest BCUT2D eigenvalue weighted by Gasteiger charge is -2.03. The summed E-state index contributed by atoms with van der Waals surface area (Å²) in [6, 6.07) is 11.1. The van der Waals surface area contributed by atoms with Gasteiger partial charge in [0.1, 0.15) is 23.2 Å². The minimum absolute atomic E-state index is 0.0834. The lowest BCUT2D eigenvalue weighted by Crippen LogP contribution is -2.13. The highest BCUT2D eigenvalue weighted by Gasteiger charge is 2.10. The number of hydrogen-bond acceptors (Lipinski definition) is 4. The van der Waals surface area contributed by atoms with E-state index in [2.05, 4.69) is 21.2 Å². The molecular formula is C14H9BrN2O3. The van der Waals surface area contributed by atoms with Crippen LogP contribution in [0.2, 0.25) is 0 Å². The molecule has 0 aliphatic rings. The van der Waals surface area contributed by atoms with E-state index in [-0.39, 0.29) is 11.3 Å². The largest absolute Gasteiger partial charge is 0.508 e. The van der Waals surface area contributed by atoms with E-state index in [9.17, 15) is 4.79 Å². The molecule has 1 aromatic carbocycles. The molecule has 5 nitrogen and oxygen atoms in total. The Morgan fingerprint density at radius 2 is 2.00 bits per heavy atom. The van der Waals surface area contributed by atoms with Gasteiger partial charge in [-0.15, -0.1) is 0 Å². The number of amides is 1. The number of carbonyl (C=O) groups is 1. The summed E-state index contributed by atoms with van der Waals surface area (Å²) in [7, 11) is 0. The molecule has 6 heteroatoms. The van der Waals surface area contributed by atoms with E-state index in [0.717, 1.165) is 0 Å². The van der Waals surface area contributed by atoms with E-state index in [1.165, 1.54) is 30.3 Å². The van der Waals surface area contributed by atoms with Gasteiger partial charge < -0.3 is 14.8 Å². The number of furan rings is 1. The van der Waals surface area contributed by atoms with Crippen molar-refractivity contribution in [3.8, 4) is 11.8 Å². The standard InChI is InChI=1S/C14H9BrN2O3/c15-13-6-5-12(20-13)7-9(8-16)14(19)17-10-1-3-11(18)4-2-10/h1-7,18H,(H,17,19)/b9-7+. The summed E-state index contributed by atoms with van der Waals surface area (Å²) in [5, 5.41) is 20.7. The number of benzene rings is 1.